The summed E-state index contributed by atoms with van der Waals surface area (Å²) in [6, 6.07) is 4.99. The van der Waals surface area contributed by atoms with Crippen molar-refractivity contribution in [2.45, 2.75) is 0 Å². The maximum absolute atomic E-state index is 12.2. The number of nitrogens with two attached hydrogens (primary N) is 1. The molecule has 0 saturated carbocycles. The van der Waals surface area contributed by atoms with Crippen LogP contribution in [0.15, 0.2) is 36.8 Å². The third-order valence-corrected chi connectivity index (χ3v) is 2.59. The number of pyridine rings is 2. The van der Waals surface area contributed by atoms with Crippen molar-refractivity contribution in [3.63, 3.8) is 0 Å². The fourth-order valence-electron chi connectivity index (χ4n) is 1.64. The monoisotopic (exact) mass is 282 g/mol. The van der Waals surface area contributed by atoms with Gasteiger partial charge in [-0.05, 0) is 18.2 Å². The molecule has 2 aromatic rings. The first kappa shape index (κ1) is 14.5. The average molecular weight is 282 g/mol. The van der Waals surface area contributed by atoms with Crippen LogP contribution in [0.1, 0.15) is 15.9 Å². The molecule has 0 unspecified atom stereocenters. The molecule has 2 rings (SSSR count). The molecular formula is C15H14N4O2. The predicted molar refractivity (Wildman–Crippen MR) is 78.9 cm³/mol. The maximum Gasteiger partial charge on any atom is 0.260 e. The van der Waals surface area contributed by atoms with Gasteiger partial charge in [-0.15, -0.1) is 0 Å². The zero-order valence-corrected chi connectivity index (χ0v) is 11.5. The molecule has 1 amide bonds. The number of hydrogen-bond donors (Lipinski definition) is 2. The van der Waals surface area contributed by atoms with Gasteiger partial charge in [0.2, 0.25) is 0 Å². The molecule has 0 aliphatic carbocycles. The molecular weight excluding hydrogens is 268 g/mol. The van der Waals surface area contributed by atoms with Crippen molar-refractivity contribution < 1.29 is 9.53 Å². The summed E-state index contributed by atoms with van der Waals surface area (Å²) in [6.07, 6.45) is 4.57. The van der Waals surface area contributed by atoms with Crippen LogP contribution >= 0.6 is 0 Å². The zero-order chi connectivity index (χ0) is 15.1. The van der Waals surface area contributed by atoms with Crippen molar-refractivity contribution in [2.24, 2.45) is 5.73 Å². The molecule has 6 nitrogen and oxygen atoms in total. The van der Waals surface area contributed by atoms with Crippen molar-refractivity contribution in [3.05, 3.63) is 47.9 Å². The number of carbonyl (C=O) groups excluding carboxylic acids is 1. The van der Waals surface area contributed by atoms with E-state index in [4.69, 9.17) is 10.5 Å². The van der Waals surface area contributed by atoms with E-state index in [-0.39, 0.29) is 12.5 Å². The third-order valence-electron chi connectivity index (χ3n) is 2.59. The Labute approximate surface area is 122 Å². The van der Waals surface area contributed by atoms with Gasteiger partial charge in [0.25, 0.3) is 5.91 Å². The molecule has 3 N–H and O–H groups in total. The Hall–Kier alpha value is -2.91. The second-order valence-corrected chi connectivity index (χ2v) is 3.97. The van der Waals surface area contributed by atoms with E-state index in [1.165, 1.54) is 19.5 Å². The average Bonchev–Trinajstić information content (AvgIpc) is 2.53. The largest absolute Gasteiger partial charge is 0.494 e. The molecule has 0 aliphatic heterocycles. The highest BCUT2D eigenvalue weighted by atomic mass is 16.5. The second-order valence-electron chi connectivity index (χ2n) is 3.97. The van der Waals surface area contributed by atoms with Crippen LogP contribution < -0.4 is 15.8 Å². The highest BCUT2D eigenvalue weighted by molar-refractivity contribution is 6.05. The van der Waals surface area contributed by atoms with E-state index in [2.05, 4.69) is 27.1 Å². The number of ether oxygens (including phenoxy) is 1. The van der Waals surface area contributed by atoms with E-state index in [0.717, 1.165) is 5.56 Å². The van der Waals surface area contributed by atoms with Crippen LogP contribution in [0.4, 0.5) is 5.82 Å². The van der Waals surface area contributed by atoms with Gasteiger partial charge in [-0.3, -0.25) is 9.78 Å². The van der Waals surface area contributed by atoms with Crippen molar-refractivity contribution in [1.29, 1.82) is 0 Å². The molecule has 6 heteroatoms. The number of hydrogen-bond acceptors (Lipinski definition) is 5. The Morgan fingerprint density at radius 1 is 1.43 bits per heavy atom. The quantitative estimate of drug-likeness (QED) is 0.821. The zero-order valence-electron chi connectivity index (χ0n) is 11.5. The Bertz CT molecular complexity index is 704. The first-order chi connectivity index (χ1) is 10.2. The van der Waals surface area contributed by atoms with Crippen LogP contribution in [-0.2, 0) is 0 Å². The number of nitrogens with one attached hydrogen (secondary N) is 1. The van der Waals surface area contributed by atoms with Gasteiger partial charge in [0.05, 0.1) is 25.4 Å². The van der Waals surface area contributed by atoms with E-state index in [1.807, 2.05) is 0 Å². The Morgan fingerprint density at radius 2 is 2.29 bits per heavy atom. The number of anilines is 1. The molecule has 106 valence electrons. The molecule has 0 bridgehead atoms. The van der Waals surface area contributed by atoms with Crippen LogP contribution in [0.3, 0.4) is 0 Å². The minimum Gasteiger partial charge on any atom is -0.494 e. The SMILES string of the molecule is COc1cnccc1C(=O)Nc1cc(C#CCN)ccn1. The standard InChI is InChI=1S/C15H14N4O2/c1-21-13-10-17-7-5-12(13)15(20)19-14-9-11(3-2-6-16)4-8-18-14/h4-5,7-10H,6,16H2,1H3,(H,18,19,20). The highest BCUT2D eigenvalue weighted by Gasteiger charge is 2.12. The van der Waals surface area contributed by atoms with Crippen LogP contribution in [0, 0.1) is 11.8 Å². The summed E-state index contributed by atoms with van der Waals surface area (Å²) in [5.41, 5.74) is 6.44. The van der Waals surface area contributed by atoms with Crippen LogP contribution in [0.5, 0.6) is 5.75 Å². The lowest BCUT2D eigenvalue weighted by Gasteiger charge is -2.08. The fraction of sp³-hybridized carbons (Fsp3) is 0.133. The number of methoxy groups -OCH3 is 1. The summed E-state index contributed by atoms with van der Waals surface area (Å²) >= 11 is 0. The lowest BCUT2D eigenvalue weighted by molar-refractivity contribution is 0.102. The van der Waals surface area contributed by atoms with E-state index in [9.17, 15) is 4.79 Å². The van der Waals surface area contributed by atoms with Gasteiger partial charge in [0.15, 0.2) is 0 Å². The Balaban J connectivity index is 2.20. The topological polar surface area (TPSA) is 90.1 Å². The molecule has 0 aliphatic rings. The number of nitrogens with zero attached hydrogens (tertiary/aromatic N) is 2. The number of rotatable bonds is 3. The van der Waals surface area contributed by atoms with Gasteiger partial charge in [-0.2, -0.15) is 0 Å². The second kappa shape index (κ2) is 7.03. The number of amides is 1. The van der Waals surface area contributed by atoms with E-state index >= 15 is 0 Å². The van der Waals surface area contributed by atoms with E-state index < -0.39 is 0 Å². The summed E-state index contributed by atoms with van der Waals surface area (Å²) in [5.74, 6) is 6.10. The summed E-state index contributed by atoms with van der Waals surface area (Å²) in [7, 11) is 1.48. The third kappa shape index (κ3) is 3.78. The van der Waals surface area contributed by atoms with Gasteiger partial charge in [-0.25, -0.2) is 4.98 Å². The van der Waals surface area contributed by atoms with E-state index in [0.29, 0.717) is 17.1 Å². The summed E-state index contributed by atoms with van der Waals surface area (Å²) in [4.78, 5) is 20.2. The first-order valence-electron chi connectivity index (χ1n) is 6.19. The summed E-state index contributed by atoms with van der Waals surface area (Å²) in [6.45, 7) is 0.276. The fourth-order valence-corrected chi connectivity index (χ4v) is 1.64. The molecule has 0 radical (unpaired) electrons. The minimum atomic E-state index is -0.328. The van der Waals surface area contributed by atoms with Gasteiger partial charge >= 0.3 is 0 Å². The molecule has 21 heavy (non-hydrogen) atoms. The molecule has 0 fully saturated rings. The highest BCUT2D eigenvalue weighted by Crippen LogP contribution is 2.17. The van der Waals surface area contributed by atoms with Crippen molar-refractivity contribution >= 4 is 11.7 Å². The van der Waals surface area contributed by atoms with Crippen molar-refractivity contribution in [3.8, 4) is 17.6 Å². The molecule has 0 atom stereocenters. The van der Waals surface area contributed by atoms with Crippen LogP contribution in [0.2, 0.25) is 0 Å². The van der Waals surface area contributed by atoms with E-state index in [1.54, 1.807) is 24.4 Å². The molecule has 0 saturated heterocycles. The maximum atomic E-state index is 12.2. The lowest BCUT2D eigenvalue weighted by Crippen LogP contribution is -2.14. The lowest BCUT2D eigenvalue weighted by atomic mass is 10.2. The summed E-state index contributed by atoms with van der Waals surface area (Å²) < 4.78 is 5.10. The predicted octanol–water partition coefficient (Wildman–Crippen LogP) is 1.05. The van der Waals surface area contributed by atoms with Crippen molar-refractivity contribution in [2.75, 3.05) is 19.0 Å². The van der Waals surface area contributed by atoms with Gasteiger partial charge in [-0.1, -0.05) is 11.8 Å². The Morgan fingerprint density at radius 3 is 3.05 bits per heavy atom. The van der Waals surface area contributed by atoms with Crippen molar-refractivity contribution in [1.82, 2.24) is 9.97 Å². The van der Waals surface area contributed by atoms with Gasteiger partial charge < -0.3 is 15.8 Å². The Kier molecular flexibility index (Phi) is 4.85. The summed E-state index contributed by atoms with van der Waals surface area (Å²) in [5, 5.41) is 2.69. The molecule has 2 aromatic heterocycles. The minimum absolute atomic E-state index is 0.276. The molecule has 0 aromatic carbocycles. The molecule has 2 heterocycles. The smallest absolute Gasteiger partial charge is 0.260 e. The first-order valence-corrected chi connectivity index (χ1v) is 6.19. The van der Waals surface area contributed by atoms with Crippen LogP contribution in [-0.4, -0.2) is 29.5 Å². The van der Waals surface area contributed by atoms with Gasteiger partial charge in [0, 0.05) is 18.0 Å². The van der Waals surface area contributed by atoms with Crippen LogP contribution in [0.25, 0.3) is 0 Å². The normalized spacial score (nSPS) is 9.43. The molecule has 0 spiro atoms. The number of aromatic nitrogens is 2. The van der Waals surface area contributed by atoms with Gasteiger partial charge in [0.1, 0.15) is 11.6 Å². The number of carbonyl (C=O) groups is 1.